The first-order chi connectivity index (χ1) is 9.06. The van der Waals surface area contributed by atoms with E-state index in [0.717, 1.165) is 6.42 Å². The maximum atomic E-state index is 12.0. The fraction of sp³-hybridized carbons (Fsp3) is 0.467. The highest BCUT2D eigenvalue weighted by molar-refractivity contribution is 5.96. The lowest BCUT2D eigenvalue weighted by Crippen LogP contribution is -2.45. The number of esters is 1. The standard InChI is InChI=1S/C15H21NO3/c1-4-10-19-15(18)13(11(2)3)16-14(17)12-8-6-5-7-9-12/h5-9,11,13H,4,10H2,1-3H3,(H,16,17)/t13-/m0/s1. The van der Waals surface area contributed by atoms with Crippen LogP contribution in [0, 0.1) is 5.92 Å². The van der Waals surface area contributed by atoms with E-state index in [0.29, 0.717) is 12.2 Å². The second-order valence-corrected chi connectivity index (χ2v) is 4.73. The molecule has 0 saturated carbocycles. The number of rotatable bonds is 6. The molecule has 0 radical (unpaired) electrons. The van der Waals surface area contributed by atoms with Crippen LogP contribution in [0.3, 0.4) is 0 Å². The van der Waals surface area contributed by atoms with E-state index in [1.807, 2.05) is 26.8 Å². The maximum absolute atomic E-state index is 12.0. The van der Waals surface area contributed by atoms with Gasteiger partial charge in [0, 0.05) is 5.56 Å². The Balaban J connectivity index is 2.68. The third kappa shape index (κ3) is 4.73. The third-order valence-corrected chi connectivity index (χ3v) is 2.69. The molecule has 19 heavy (non-hydrogen) atoms. The smallest absolute Gasteiger partial charge is 0.328 e. The average molecular weight is 263 g/mol. The quantitative estimate of drug-likeness (QED) is 0.802. The van der Waals surface area contributed by atoms with Crippen LogP contribution < -0.4 is 5.32 Å². The molecule has 0 spiro atoms. The van der Waals surface area contributed by atoms with Crippen LogP contribution in [0.5, 0.6) is 0 Å². The molecular formula is C15H21NO3. The first-order valence-electron chi connectivity index (χ1n) is 6.58. The van der Waals surface area contributed by atoms with Gasteiger partial charge in [0.25, 0.3) is 5.91 Å². The molecule has 1 aromatic carbocycles. The Morgan fingerprint density at radius 3 is 2.37 bits per heavy atom. The highest BCUT2D eigenvalue weighted by atomic mass is 16.5. The summed E-state index contributed by atoms with van der Waals surface area (Å²) in [5, 5.41) is 2.73. The van der Waals surface area contributed by atoms with Gasteiger partial charge in [0.15, 0.2) is 0 Å². The number of hydrogen-bond acceptors (Lipinski definition) is 3. The first-order valence-corrected chi connectivity index (χ1v) is 6.58. The van der Waals surface area contributed by atoms with Gasteiger partial charge in [0.1, 0.15) is 6.04 Å². The number of carbonyl (C=O) groups is 2. The van der Waals surface area contributed by atoms with E-state index < -0.39 is 6.04 Å². The van der Waals surface area contributed by atoms with Crippen LogP contribution in [0.25, 0.3) is 0 Å². The monoisotopic (exact) mass is 263 g/mol. The van der Waals surface area contributed by atoms with Gasteiger partial charge in [-0.3, -0.25) is 4.79 Å². The zero-order valence-corrected chi connectivity index (χ0v) is 11.7. The summed E-state index contributed by atoms with van der Waals surface area (Å²) in [6.45, 7) is 6.07. The largest absolute Gasteiger partial charge is 0.464 e. The Bertz CT molecular complexity index is 415. The van der Waals surface area contributed by atoms with Crippen LogP contribution in [0.2, 0.25) is 0 Å². The zero-order chi connectivity index (χ0) is 14.3. The van der Waals surface area contributed by atoms with Gasteiger partial charge in [-0.15, -0.1) is 0 Å². The Hall–Kier alpha value is -1.84. The van der Waals surface area contributed by atoms with E-state index in [1.165, 1.54) is 0 Å². The zero-order valence-electron chi connectivity index (χ0n) is 11.7. The Kier molecular flexibility index (Phi) is 6.06. The van der Waals surface area contributed by atoms with E-state index in [2.05, 4.69) is 5.32 Å². The third-order valence-electron chi connectivity index (χ3n) is 2.69. The summed E-state index contributed by atoms with van der Waals surface area (Å²) in [5.41, 5.74) is 0.538. The van der Waals surface area contributed by atoms with E-state index in [9.17, 15) is 9.59 Å². The van der Waals surface area contributed by atoms with E-state index in [4.69, 9.17) is 4.74 Å². The van der Waals surface area contributed by atoms with Crippen molar-refractivity contribution in [2.75, 3.05) is 6.61 Å². The van der Waals surface area contributed by atoms with Crippen molar-refractivity contribution in [2.45, 2.75) is 33.2 Å². The van der Waals surface area contributed by atoms with Crippen LogP contribution in [0.1, 0.15) is 37.6 Å². The molecule has 4 nitrogen and oxygen atoms in total. The van der Waals surface area contributed by atoms with Crippen molar-refractivity contribution >= 4 is 11.9 Å². The van der Waals surface area contributed by atoms with E-state index in [1.54, 1.807) is 24.3 Å². The summed E-state index contributed by atoms with van der Waals surface area (Å²) in [6, 6.07) is 8.23. The predicted octanol–water partition coefficient (Wildman–Crippen LogP) is 2.39. The summed E-state index contributed by atoms with van der Waals surface area (Å²) in [4.78, 5) is 23.9. The molecule has 1 N–H and O–H groups in total. The van der Waals surface area contributed by atoms with Gasteiger partial charge < -0.3 is 10.1 Å². The number of benzene rings is 1. The molecule has 0 heterocycles. The van der Waals surface area contributed by atoms with Crippen LogP contribution in [0.15, 0.2) is 30.3 Å². The SMILES string of the molecule is CCCOC(=O)[C@@H](NC(=O)c1ccccc1)C(C)C. The number of amides is 1. The summed E-state index contributed by atoms with van der Waals surface area (Å²) in [7, 11) is 0. The summed E-state index contributed by atoms with van der Waals surface area (Å²) in [6.07, 6.45) is 0.767. The number of ether oxygens (including phenoxy) is 1. The van der Waals surface area contributed by atoms with Crippen molar-refractivity contribution in [1.29, 1.82) is 0 Å². The molecule has 0 aromatic heterocycles. The second-order valence-electron chi connectivity index (χ2n) is 4.73. The Labute approximate surface area is 114 Å². The Morgan fingerprint density at radius 2 is 1.84 bits per heavy atom. The van der Waals surface area contributed by atoms with Gasteiger partial charge in [0.2, 0.25) is 0 Å². The molecular weight excluding hydrogens is 242 g/mol. The minimum atomic E-state index is -0.612. The molecule has 4 heteroatoms. The van der Waals surface area contributed by atoms with Gasteiger partial charge in [-0.1, -0.05) is 39.0 Å². The fourth-order valence-corrected chi connectivity index (χ4v) is 1.60. The van der Waals surface area contributed by atoms with Crippen molar-refractivity contribution < 1.29 is 14.3 Å². The highest BCUT2D eigenvalue weighted by Gasteiger charge is 2.25. The normalized spacial score (nSPS) is 12.0. The second kappa shape index (κ2) is 7.56. The van der Waals surface area contributed by atoms with Crippen molar-refractivity contribution in [3.8, 4) is 0 Å². The minimum absolute atomic E-state index is 0.0166. The molecule has 104 valence electrons. The molecule has 0 bridgehead atoms. The van der Waals surface area contributed by atoms with Crippen molar-refractivity contribution in [3.05, 3.63) is 35.9 Å². The van der Waals surface area contributed by atoms with E-state index in [-0.39, 0.29) is 17.8 Å². The number of hydrogen-bond donors (Lipinski definition) is 1. The summed E-state index contributed by atoms with van der Waals surface area (Å²) in [5.74, 6) is -0.647. The number of carbonyl (C=O) groups excluding carboxylic acids is 2. The predicted molar refractivity (Wildman–Crippen MR) is 73.8 cm³/mol. The lowest BCUT2D eigenvalue weighted by atomic mass is 10.0. The molecule has 0 aliphatic rings. The molecule has 0 unspecified atom stereocenters. The first kappa shape index (κ1) is 15.2. The van der Waals surface area contributed by atoms with Gasteiger partial charge in [0.05, 0.1) is 6.61 Å². The van der Waals surface area contributed by atoms with Gasteiger partial charge in [-0.2, -0.15) is 0 Å². The lowest BCUT2D eigenvalue weighted by Gasteiger charge is -2.20. The minimum Gasteiger partial charge on any atom is -0.464 e. The van der Waals surface area contributed by atoms with Gasteiger partial charge in [-0.25, -0.2) is 4.79 Å². The lowest BCUT2D eigenvalue weighted by molar-refractivity contribution is -0.147. The van der Waals surface area contributed by atoms with Crippen LogP contribution in [0.4, 0.5) is 0 Å². The molecule has 1 rings (SSSR count). The molecule has 1 aromatic rings. The van der Waals surface area contributed by atoms with Crippen molar-refractivity contribution in [3.63, 3.8) is 0 Å². The molecule has 1 amide bonds. The summed E-state index contributed by atoms with van der Waals surface area (Å²) >= 11 is 0. The van der Waals surface area contributed by atoms with Crippen LogP contribution in [-0.2, 0) is 9.53 Å². The average Bonchev–Trinajstić information content (AvgIpc) is 2.42. The fourth-order valence-electron chi connectivity index (χ4n) is 1.60. The molecule has 0 saturated heterocycles. The van der Waals surface area contributed by atoms with E-state index >= 15 is 0 Å². The topological polar surface area (TPSA) is 55.4 Å². The Morgan fingerprint density at radius 1 is 1.21 bits per heavy atom. The number of nitrogens with one attached hydrogen (secondary N) is 1. The molecule has 1 atom stereocenters. The van der Waals surface area contributed by atoms with Crippen molar-refractivity contribution in [1.82, 2.24) is 5.32 Å². The van der Waals surface area contributed by atoms with Gasteiger partial charge >= 0.3 is 5.97 Å². The molecule has 0 aliphatic carbocycles. The van der Waals surface area contributed by atoms with Crippen LogP contribution in [-0.4, -0.2) is 24.5 Å². The van der Waals surface area contributed by atoms with Crippen LogP contribution >= 0.6 is 0 Å². The van der Waals surface area contributed by atoms with Gasteiger partial charge in [-0.05, 0) is 24.5 Å². The van der Waals surface area contributed by atoms with Crippen molar-refractivity contribution in [2.24, 2.45) is 5.92 Å². The molecule has 0 aliphatic heterocycles. The highest BCUT2D eigenvalue weighted by Crippen LogP contribution is 2.07. The summed E-state index contributed by atoms with van der Waals surface area (Å²) < 4.78 is 5.10. The maximum Gasteiger partial charge on any atom is 0.328 e. The molecule has 0 fully saturated rings.